The van der Waals surface area contributed by atoms with Gasteiger partial charge in [-0.1, -0.05) is 31.0 Å². The first kappa shape index (κ1) is 17.0. The number of hydrogen-bond donors (Lipinski definition) is 1. The second-order valence-electron chi connectivity index (χ2n) is 7.52. The van der Waals surface area contributed by atoms with Crippen molar-refractivity contribution in [1.29, 1.82) is 0 Å². The molecule has 0 aliphatic carbocycles. The molecule has 5 heteroatoms. The van der Waals surface area contributed by atoms with Gasteiger partial charge in [0.05, 0.1) is 5.52 Å². The molecule has 2 aromatic rings. The van der Waals surface area contributed by atoms with Crippen LogP contribution in [0.2, 0.25) is 0 Å². The van der Waals surface area contributed by atoms with E-state index >= 15 is 0 Å². The molecule has 130 valence electrons. The number of rotatable bonds is 4. The lowest BCUT2D eigenvalue weighted by molar-refractivity contribution is 0.0883. The number of nitrogens with one attached hydrogen (secondary N) is 1. The Morgan fingerprint density at radius 2 is 1.83 bits per heavy atom. The normalized spacial score (nSPS) is 17.0. The van der Waals surface area contributed by atoms with Crippen molar-refractivity contribution >= 4 is 16.8 Å². The Balaban J connectivity index is 1.72. The second-order valence-corrected chi connectivity index (χ2v) is 7.52. The minimum Gasteiger partial charge on any atom is -0.344 e. The van der Waals surface area contributed by atoms with E-state index in [1.807, 2.05) is 31.3 Å². The van der Waals surface area contributed by atoms with Gasteiger partial charge in [0.2, 0.25) is 0 Å². The number of hydrogen-bond acceptors (Lipinski definition) is 3. The molecular formula is C19H28N4O. The predicted octanol–water partition coefficient (Wildman–Crippen LogP) is 2.96. The van der Waals surface area contributed by atoms with E-state index in [1.54, 1.807) is 4.68 Å². The molecule has 0 unspecified atom stereocenters. The molecule has 1 saturated heterocycles. The molecule has 1 aliphatic heterocycles. The quantitative estimate of drug-likeness (QED) is 0.939. The minimum absolute atomic E-state index is 0.0911. The summed E-state index contributed by atoms with van der Waals surface area (Å²) in [6.45, 7) is 7.34. The zero-order valence-electron chi connectivity index (χ0n) is 15.0. The van der Waals surface area contributed by atoms with E-state index in [-0.39, 0.29) is 11.4 Å². The van der Waals surface area contributed by atoms with Crippen molar-refractivity contribution in [2.45, 2.75) is 45.1 Å². The van der Waals surface area contributed by atoms with Crippen molar-refractivity contribution < 1.29 is 4.79 Å². The molecule has 5 nitrogen and oxygen atoms in total. The molecule has 24 heavy (non-hydrogen) atoms. The Labute approximate surface area is 144 Å². The first-order valence-electron chi connectivity index (χ1n) is 8.93. The Kier molecular flexibility index (Phi) is 4.90. The van der Waals surface area contributed by atoms with Gasteiger partial charge in [0.1, 0.15) is 0 Å². The fourth-order valence-electron chi connectivity index (χ4n) is 3.64. The summed E-state index contributed by atoms with van der Waals surface area (Å²) >= 11 is 0. The summed E-state index contributed by atoms with van der Waals surface area (Å²) in [5.74, 6) is -0.0911. The number of amides is 1. The van der Waals surface area contributed by atoms with Gasteiger partial charge < -0.3 is 10.2 Å². The molecule has 1 aromatic carbocycles. The summed E-state index contributed by atoms with van der Waals surface area (Å²) in [5, 5.41) is 8.52. The zero-order chi connectivity index (χ0) is 17.2. The fourth-order valence-corrected chi connectivity index (χ4v) is 3.64. The molecule has 1 N–H and O–H groups in total. The molecule has 2 heterocycles. The summed E-state index contributed by atoms with van der Waals surface area (Å²) in [6, 6.07) is 7.86. The molecule has 3 rings (SSSR count). The van der Waals surface area contributed by atoms with Crippen LogP contribution < -0.4 is 5.32 Å². The molecule has 0 atom stereocenters. The van der Waals surface area contributed by atoms with Gasteiger partial charge in [0.25, 0.3) is 5.91 Å². The molecule has 1 fully saturated rings. The maximum atomic E-state index is 12.8. The Hall–Kier alpha value is -1.88. The highest BCUT2D eigenvalue weighted by atomic mass is 16.2. The van der Waals surface area contributed by atoms with Crippen LogP contribution in [-0.4, -0.2) is 45.8 Å². The van der Waals surface area contributed by atoms with Gasteiger partial charge in [0.15, 0.2) is 5.69 Å². The smallest absolute Gasteiger partial charge is 0.272 e. The summed E-state index contributed by atoms with van der Waals surface area (Å²) < 4.78 is 1.77. The van der Waals surface area contributed by atoms with E-state index in [0.717, 1.165) is 30.5 Å². The van der Waals surface area contributed by atoms with Crippen LogP contribution in [0.1, 0.15) is 50.0 Å². The van der Waals surface area contributed by atoms with E-state index in [1.165, 1.54) is 25.7 Å². The largest absolute Gasteiger partial charge is 0.344 e. The van der Waals surface area contributed by atoms with Crippen molar-refractivity contribution in [3.63, 3.8) is 0 Å². The summed E-state index contributed by atoms with van der Waals surface area (Å²) in [7, 11) is 1.88. The lowest BCUT2D eigenvalue weighted by Gasteiger charge is -2.32. The number of nitrogens with zero attached hydrogens (tertiary/aromatic N) is 3. The number of aryl methyl sites for hydroxylation is 1. The number of carbonyl (C=O) groups is 1. The molecule has 1 amide bonds. The van der Waals surface area contributed by atoms with Crippen LogP contribution in [-0.2, 0) is 7.05 Å². The maximum Gasteiger partial charge on any atom is 0.272 e. The monoisotopic (exact) mass is 328 g/mol. The van der Waals surface area contributed by atoms with Crippen LogP contribution in [0.5, 0.6) is 0 Å². The lowest BCUT2D eigenvalue weighted by atomic mass is 10.0. The third-order valence-corrected chi connectivity index (χ3v) is 4.74. The van der Waals surface area contributed by atoms with Crippen LogP contribution in [0.3, 0.4) is 0 Å². The van der Waals surface area contributed by atoms with Crippen LogP contribution in [0.4, 0.5) is 0 Å². The van der Waals surface area contributed by atoms with Gasteiger partial charge in [-0.2, -0.15) is 5.10 Å². The first-order valence-corrected chi connectivity index (χ1v) is 8.93. The van der Waals surface area contributed by atoms with Gasteiger partial charge in [-0.25, -0.2) is 0 Å². The number of benzene rings is 1. The van der Waals surface area contributed by atoms with Crippen LogP contribution >= 0.6 is 0 Å². The highest BCUT2D eigenvalue weighted by Crippen LogP contribution is 2.19. The van der Waals surface area contributed by atoms with Crippen molar-refractivity contribution in [2.75, 3.05) is 19.6 Å². The molecular weight excluding hydrogens is 300 g/mol. The average molecular weight is 328 g/mol. The van der Waals surface area contributed by atoms with E-state index in [4.69, 9.17) is 0 Å². The molecule has 1 aliphatic rings. The Morgan fingerprint density at radius 1 is 1.17 bits per heavy atom. The minimum atomic E-state index is -0.278. The van der Waals surface area contributed by atoms with Crippen LogP contribution in [0.25, 0.3) is 10.9 Å². The van der Waals surface area contributed by atoms with Crippen molar-refractivity contribution in [2.24, 2.45) is 7.05 Å². The summed E-state index contributed by atoms with van der Waals surface area (Å²) in [6.07, 6.45) is 5.16. The number of aromatic nitrogens is 2. The van der Waals surface area contributed by atoms with Crippen molar-refractivity contribution in [1.82, 2.24) is 20.0 Å². The molecule has 0 spiro atoms. The molecule has 0 bridgehead atoms. The molecule has 0 radical (unpaired) electrons. The third kappa shape index (κ3) is 3.78. The number of carbonyl (C=O) groups excluding carboxylic acids is 1. The molecule has 1 aromatic heterocycles. The van der Waals surface area contributed by atoms with Crippen molar-refractivity contribution in [3.05, 3.63) is 30.0 Å². The topological polar surface area (TPSA) is 50.2 Å². The maximum absolute atomic E-state index is 12.8. The highest BCUT2D eigenvalue weighted by molar-refractivity contribution is 6.05. The van der Waals surface area contributed by atoms with Gasteiger partial charge in [-0.3, -0.25) is 9.48 Å². The van der Waals surface area contributed by atoms with Crippen LogP contribution in [0.15, 0.2) is 24.3 Å². The van der Waals surface area contributed by atoms with Crippen molar-refractivity contribution in [3.8, 4) is 0 Å². The van der Waals surface area contributed by atoms with Gasteiger partial charge in [-0.15, -0.1) is 0 Å². The Bertz CT molecular complexity index is 711. The third-order valence-electron chi connectivity index (χ3n) is 4.74. The summed E-state index contributed by atoms with van der Waals surface area (Å²) in [4.78, 5) is 15.3. The highest BCUT2D eigenvalue weighted by Gasteiger charge is 2.26. The van der Waals surface area contributed by atoms with E-state index in [9.17, 15) is 4.79 Å². The van der Waals surface area contributed by atoms with Crippen LogP contribution in [0, 0.1) is 0 Å². The standard InChI is InChI=1S/C19H28N4O/c1-19(2,14-23-12-8-4-5-9-13-23)20-18(24)17-15-10-6-7-11-16(15)22(3)21-17/h6-7,10-11H,4-5,8-9,12-14H2,1-3H3,(H,20,24). The predicted molar refractivity (Wildman–Crippen MR) is 97.2 cm³/mol. The fraction of sp³-hybridized carbons (Fsp3) is 0.579. The number of para-hydroxylation sites is 1. The Morgan fingerprint density at radius 3 is 2.54 bits per heavy atom. The first-order chi connectivity index (χ1) is 11.5. The second kappa shape index (κ2) is 6.93. The van der Waals surface area contributed by atoms with Gasteiger partial charge in [-0.05, 0) is 45.8 Å². The van der Waals surface area contributed by atoms with Gasteiger partial charge in [0, 0.05) is 24.5 Å². The van der Waals surface area contributed by atoms with E-state index < -0.39 is 0 Å². The van der Waals surface area contributed by atoms with E-state index in [2.05, 4.69) is 29.2 Å². The van der Waals surface area contributed by atoms with Gasteiger partial charge >= 0.3 is 0 Å². The SMILES string of the molecule is Cn1nc(C(=O)NC(C)(C)CN2CCCCCC2)c2ccccc21. The lowest BCUT2D eigenvalue weighted by Crippen LogP contribution is -2.51. The van der Waals surface area contributed by atoms with E-state index in [0.29, 0.717) is 5.69 Å². The average Bonchev–Trinajstić information content (AvgIpc) is 2.70. The zero-order valence-corrected chi connectivity index (χ0v) is 15.0. The summed E-state index contributed by atoms with van der Waals surface area (Å²) in [5.41, 5.74) is 1.21. The number of fused-ring (bicyclic) bond motifs is 1. The molecule has 0 saturated carbocycles. The number of likely N-dealkylation sites (tertiary alicyclic amines) is 1.